The molecule has 1 aromatic rings. The minimum Gasteiger partial charge on any atom is -0.318 e. The van der Waals surface area contributed by atoms with Crippen LogP contribution in [0.25, 0.3) is 0 Å². The van der Waals surface area contributed by atoms with E-state index in [9.17, 15) is 12.8 Å². The maximum atomic E-state index is 13.5. The lowest BCUT2D eigenvalue weighted by atomic mass is 10.2. The van der Waals surface area contributed by atoms with Gasteiger partial charge in [0.1, 0.15) is 5.82 Å². The fourth-order valence-electron chi connectivity index (χ4n) is 1.66. The predicted octanol–water partition coefficient (Wildman–Crippen LogP) is 1.20. The molecule has 0 aliphatic rings. The molecule has 1 aromatic carbocycles. The Labute approximate surface area is 108 Å². The van der Waals surface area contributed by atoms with Crippen molar-refractivity contribution in [2.45, 2.75) is 18.7 Å². The van der Waals surface area contributed by atoms with Crippen molar-refractivity contribution in [3.05, 3.63) is 35.6 Å². The van der Waals surface area contributed by atoms with Gasteiger partial charge < -0.3 is 5.32 Å². The highest BCUT2D eigenvalue weighted by molar-refractivity contribution is 7.89. The quantitative estimate of drug-likeness (QED) is 0.848. The van der Waals surface area contributed by atoms with Crippen molar-refractivity contribution in [3.63, 3.8) is 0 Å². The number of sulfonamides is 1. The van der Waals surface area contributed by atoms with Gasteiger partial charge in [-0.05, 0) is 20.0 Å². The van der Waals surface area contributed by atoms with Crippen LogP contribution >= 0.6 is 0 Å². The highest BCUT2D eigenvalue weighted by atomic mass is 32.2. The second kappa shape index (κ2) is 6.26. The van der Waals surface area contributed by atoms with Crippen LogP contribution in [0.3, 0.4) is 0 Å². The Morgan fingerprint density at radius 3 is 2.56 bits per heavy atom. The molecule has 18 heavy (non-hydrogen) atoms. The molecule has 0 saturated heterocycles. The fourth-order valence-corrected chi connectivity index (χ4v) is 2.97. The van der Waals surface area contributed by atoms with Crippen LogP contribution in [-0.2, 0) is 16.6 Å². The van der Waals surface area contributed by atoms with Gasteiger partial charge in [-0.2, -0.15) is 0 Å². The zero-order valence-electron chi connectivity index (χ0n) is 10.9. The van der Waals surface area contributed by atoms with Crippen LogP contribution in [0.2, 0.25) is 0 Å². The van der Waals surface area contributed by atoms with Gasteiger partial charge in [-0.1, -0.05) is 18.2 Å². The summed E-state index contributed by atoms with van der Waals surface area (Å²) in [6, 6.07) is 6.18. The topological polar surface area (TPSA) is 49.4 Å². The molecule has 1 unspecified atom stereocenters. The molecule has 1 N–H and O–H groups in total. The average molecular weight is 274 g/mol. The van der Waals surface area contributed by atoms with Gasteiger partial charge >= 0.3 is 0 Å². The normalized spacial score (nSPS) is 13.8. The standard InChI is InChI=1S/C12H19FN2O2S/c1-10(8-14-2)18(16,17)15(3)9-11-6-4-5-7-12(11)13/h4-7,10,14H,8-9H2,1-3H3. The average Bonchev–Trinajstić information content (AvgIpc) is 2.32. The summed E-state index contributed by atoms with van der Waals surface area (Å²) in [5, 5.41) is 2.28. The lowest BCUT2D eigenvalue weighted by molar-refractivity contribution is 0.446. The van der Waals surface area contributed by atoms with E-state index in [4.69, 9.17) is 0 Å². The predicted molar refractivity (Wildman–Crippen MR) is 70.2 cm³/mol. The molecular weight excluding hydrogens is 255 g/mol. The van der Waals surface area contributed by atoms with Crippen molar-refractivity contribution in [1.29, 1.82) is 0 Å². The van der Waals surface area contributed by atoms with E-state index in [-0.39, 0.29) is 12.4 Å². The number of hydrogen-bond donors (Lipinski definition) is 1. The largest absolute Gasteiger partial charge is 0.318 e. The van der Waals surface area contributed by atoms with E-state index in [1.165, 1.54) is 17.4 Å². The number of hydrogen-bond acceptors (Lipinski definition) is 3. The minimum absolute atomic E-state index is 0.0447. The first-order valence-corrected chi connectivity index (χ1v) is 7.23. The first-order chi connectivity index (χ1) is 8.39. The van der Waals surface area contributed by atoms with Crippen LogP contribution in [0, 0.1) is 5.82 Å². The van der Waals surface area contributed by atoms with Crippen LogP contribution in [0.15, 0.2) is 24.3 Å². The monoisotopic (exact) mass is 274 g/mol. The minimum atomic E-state index is -3.41. The van der Waals surface area contributed by atoms with Crippen molar-refractivity contribution >= 4 is 10.0 Å². The Balaban J connectivity index is 2.83. The molecular formula is C12H19FN2O2S. The van der Waals surface area contributed by atoms with Gasteiger partial charge in [0.25, 0.3) is 0 Å². The summed E-state index contributed by atoms with van der Waals surface area (Å²) in [5.74, 6) is -0.388. The molecule has 0 aromatic heterocycles. The number of rotatable bonds is 6. The Hall–Kier alpha value is -0.980. The molecule has 0 aliphatic carbocycles. The highest BCUT2D eigenvalue weighted by Crippen LogP contribution is 2.14. The lowest BCUT2D eigenvalue weighted by Crippen LogP contribution is -2.39. The summed E-state index contributed by atoms with van der Waals surface area (Å²) in [4.78, 5) is 0. The third-order valence-electron chi connectivity index (χ3n) is 2.79. The molecule has 102 valence electrons. The van der Waals surface area contributed by atoms with E-state index in [0.29, 0.717) is 12.1 Å². The first-order valence-electron chi connectivity index (χ1n) is 5.72. The van der Waals surface area contributed by atoms with Gasteiger partial charge in [-0.15, -0.1) is 0 Å². The number of nitrogens with one attached hydrogen (secondary N) is 1. The molecule has 1 atom stereocenters. The van der Waals surface area contributed by atoms with E-state index in [1.807, 2.05) is 0 Å². The van der Waals surface area contributed by atoms with E-state index in [1.54, 1.807) is 32.2 Å². The van der Waals surface area contributed by atoms with Crippen molar-refractivity contribution in [2.75, 3.05) is 20.6 Å². The van der Waals surface area contributed by atoms with Gasteiger partial charge in [0.2, 0.25) is 10.0 Å². The Morgan fingerprint density at radius 1 is 1.39 bits per heavy atom. The van der Waals surface area contributed by atoms with Crippen LogP contribution in [-0.4, -0.2) is 38.6 Å². The third-order valence-corrected chi connectivity index (χ3v) is 4.97. The number of halogens is 1. The molecule has 0 radical (unpaired) electrons. The zero-order chi connectivity index (χ0) is 13.8. The first kappa shape index (κ1) is 15.1. The smallest absolute Gasteiger partial charge is 0.218 e. The summed E-state index contributed by atoms with van der Waals surface area (Å²) < 4.78 is 38.8. The number of nitrogens with zero attached hydrogens (tertiary/aromatic N) is 1. The summed E-state index contributed by atoms with van der Waals surface area (Å²) in [6.45, 7) is 2.04. The summed E-state index contributed by atoms with van der Waals surface area (Å²) in [6.07, 6.45) is 0. The molecule has 0 saturated carbocycles. The van der Waals surface area contributed by atoms with Crippen LogP contribution in [0.1, 0.15) is 12.5 Å². The molecule has 0 heterocycles. The van der Waals surface area contributed by atoms with Crippen LogP contribution < -0.4 is 5.32 Å². The van der Waals surface area contributed by atoms with Gasteiger partial charge in [0, 0.05) is 25.7 Å². The van der Waals surface area contributed by atoms with Crippen molar-refractivity contribution < 1.29 is 12.8 Å². The van der Waals surface area contributed by atoms with E-state index in [0.717, 1.165) is 0 Å². The molecule has 0 fully saturated rings. The van der Waals surface area contributed by atoms with Gasteiger partial charge in [-0.25, -0.2) is 17.1 Å². The molecule has 0 aliphatic heterocycles. The molecule has 1 rings (SSSR count). The van der Waals surface area contributed by atoms with Crippen LogP contribution in [0.5, 0.6) is 0 Å². The second-order valence-corrected chi connectivity index (χ2v) is 6.72. The summed E-state index contributed by atoms with van der Waals surface area (Å²) in [5.41, 5.74) is 0.375. The van der Waals surface area contributed by atoms with E-state index >= 15 is 0 Å². The van der Waals surface area contributed by atoms with E-state index < -0.39 is 15.3 Å². The van der Waals surface area contributed by atoms with Gasteiger partial charge in [0.15, 0.2) is 0 Å². The van der Waals surface area contributed by atoms with Crippen molar-refractivity contribution in [3.8, 4) is 0 Å². The summed E-state index contributed by atoms with van der Waals surface area (Å²) >= 11 is 0. The molecule has 6 heteroatoms. The SMILES string of the molecule is CNCC(C)S(=O)(=O)N(C)Cc1ccccc1F. The zero-order valence-corrected chi connectivity index (χ0v) is 11.7. The second-order valence-electron chi connectivity index (χ2n) is 4.26. The molecule has 0 bridgehead atoms. The lowest BCUT2D eigenvalue weighted by Gasteiger charge is -2.22. The Morgan fingerprint density at radius 2 is 2.00 bits per heavy atom. The number of benzene rings is 1. The van der Waals surface area contributed by atoms with Gasteiger partial charge in [-0.3, -0.25) is 0 Å². The fraction of sp³-hybridized carbons (Fsp3) is 0.500. The molecule has 0 amide bonds. The van der Waals surface area contributed by atoms with Crippen molar-refractivity contribution in [2.24, 2.45) is 0 Å². The molecule has 4 nitrogen and oxygen atoms in total. The Bertz CT molecular complexity index is 491. The highest BCUT2D eigenvalue weighted by Gasteiger charge is 2.25. The maximum absolute atomic E-state index is 13.5. The van der Waals surface area contributed by atoms with Gasteiger partial charge in [0.05, 0.1) is 5.25 Å². The molecule has 0 spiro atoms. The Kier molecular flexibility index (Phi) is 5.25. The van der Waals surface area contributed by atoms with E-state index in [2.05, 4.69) is 5.32 Å². The third kappa shape index (κ3) is 3.51. The van der Waals surface area contributed by atoms with Crippen molar-refractivity contribution in [1.82, 2.24) is 9.62 Å². The maximum Gasteiger partial charge on any atom is 0.218 e. The summed E-state index contributed by atoms with van der Waals surface area (Å²) in [7, 11) is -0.248. The van der Waals surface area contributed by atoms with Crippen LogP contribution in [0.4, 0.5) is 4.39 Å².